The molecule has 0 aromatic heterocycles. The van der Waals surface area contributed by atoms with Crippen molar-refractivity contribution < 1.29 is 14.7 Å². The summed E-state index contributed by atoms with van der Waals surface area (Å²) in [5.41, 5.74) is 0.178. The summed E-state index contributed by atoms with van der Waals surface area (Å²) in [7, 11) is 0. The van der Waals surface area contributed by atoms with E-state index in [4.69, 9.17) is 5.11 Å². The lowest BCUT2D eigenvalue weighted by molar-refractivity contribution is -0.145. The number of rotatable bonds is 6. The molecule has 0 bridgehead atoms. The van der Waals surface area contributed by atoms with E-state index < -0.39 is 11.9 Å². The number of carboxylic acids is 1. The summed E-state index contributed by atoms with van der Waals surface area (Å²) in [6.45, 7) is 10.6. The molecule has 4 nitrogen and oxygen atoms in total. The van der Waals surface area contributed by atoms with Crippen LogP contribution in [0, 0.1) is 17.3 Å². The Bertz CT molecular complexity index is 266. The van der Waals surface area contributed by atoms with E-state index in [0.717, 1.165) is 6.42 Å². The second kappa shape index (κ2) is 6.62. The van der Waals surface area contributed by atoms with Crippen molar-refractivity contribution in [2.75, 3.05) is 6.54 Å². The maximum atomic E-state index is 11.6. The standard InChI is InChI=1S/C13H25NO3/c1-9(2)10(12(16)17)8-11(15)14-7-6-13(3,4)5/h9-10H,6-8H2,1-5H3,(H,14,15)(H,16,17). The molecule has 100 valence electrons. The molecule has 0 aromatic carbocycles. The Morgan fingerprint density at radius 3 is 2.12 bits per heavy atom. The SMILES string of the molecule is CC(C)C(CC(=O)NCCC(C)(C)C)C(=O)O. The van der Waals surface area contributed by atoms with Crippen molar-refractivity contribution in [2.24, 2.45) is 17.3 Å². The summed E-state index contributed by atoms with van der Waals surface area (Å²) in [6, 6.07) is 0. The Kier molecular flexibility index (Phi) is 6.21. The van der Waals surface area contributed by atoms with Crippen LogP contribution >= 0.6 is 0 Å². The average molecular weight is 243 g/mol. The van der Waals surface area contributed by atoms with Gasteiger partial charge in [-0.05, 0) is 17.8 Å². The third kappa shape index (κ3) is 7.77. The highest BCUT2D eigenvalue weighted by Gasteiger charge is 2.24. The van der Waals surface area contributed by atoms with Gasteiger partial charge in [-0.15, -0.1) is 0 Å². The van der Waals surface area contributed by atoms with Gasteiger partial charge in [0.2, 0.25) is 5.91 Å². The fourth-order valence-electron chi connectivity index (χ4n) is 1.46. The van der Waals surface area contributed by atoms with E-state index in [2.05, 4.69) is 26.1 Å². The van der Waals surface area contributed by atoms with Gasteiger partial charge in [-0.2, -0.15) is 0 Å². The highest BCUT2D eigenvalue weighted by Crippen LogP contribution is 2.18. The number of hydrogen-bond donors (Lipinski definition) is 2. The first-order valence-corrected chi connectivity index (χ1v) is 6.13. The first-order valence-electron chi connectivity index (χ1n) is 6.13. The summed E-state index contributed by atoms with van der Waals surface area (Å²) in [6.07, 6.45) is 0.954. The normalized spacial score (nSPS) is 13.5. The summed E-state index contributed by atoms with van der Waals surface area (Å²) < 4.78 is 0. The molecule has 0 heterocycles. The molecule has 0 aliphatic heterocycles. The van der Waals surface area contributed by atoms with Crippen LogP contribution in [0.1, 0.15) is 47.5 Å². The number of carbonyl (C=O) groups is 2. The third-order valence-electron chi connectivity index (χ3n) is 2.72. The van der Waals surface area contributed by atoms with Crippen molar-refractivity contribution in [3.63, 3.8) is 0 Å². The molecule has 4 heteroatoms. The number of hydrogen-bond acceptors (Lipinski definition) is 2. The minimum atomic E-state index is -0.897. The van der Waals surface area contributed by atoms with E-state index in [1.807, 2.05) is 13.8 Å². The zero-order chi connectivity index (χ0) is 13.6. The van der Waals surface area contributed by atoms with Gasteiger partial charge in [-0.3, -0.25) is 9.59 Å². The Hall–Kier alpha value is -1.06. The zero-order valence-electron chi connectivity index (χ0n) is 11.5. The van der Waals surface area contributed by atoms with Crippen LogP contribution in [0.15, 0.2) is 0 Å². The Balaban J connectivity index is 4.04. The van der Waals surface area contributed by atoms with Crippen molar-refractivity contribution in [1.29, 1.82) is 0 Å². The predicted molar refractivity (Wildman–Crippen MR) is 67.7 cm³/mol. The van der Waals surface area contributed by atoms with Crippen LogP contribution in [-0.2, 0) is 9.59 Å². The summed E-state index contributed by atoms with van der Waals surface area (Å²) in [5.74, 6) is -1.69. The first kappa shape index (κ1) is 15.9. The number of aliphatic carboxylic acids is 1. The van der Waals surface area contributed by atoms with E-state index >= 15 is 0 Å². The van der Waals surface area contributed by atoms with Gasteiger partial charge in [-0.1, -0.05) is 34.6 Å². The Labute approximate surface area is 104 Å². The molecule has 0 aliphatic rings. The molecule has 1 atom stereocenters. The second-order valence-corrected chi connectivity index (χ2v) is 6.05. The fraction of sp³-hybridized carbons (Fsp3) is 0.846. The number of carboxylic acid groups (broad SMARTS) is 1. The summed E-state index contributed by atoms with van der Waals surface area (Å²) >= 11 is 0. The Morgan fingerprint density at radius 1 is 1.24 bits per heavy atom. The van der Waals surface area contributed by atoms with E-state index in [-0.39, 0.29) is 23.7 Å². The van der Waals surface area contributed by atoms with Crippen LogP contribution < -0.4 is 5.32 Å². The van der Waals surface area contributed by atoms with Crippen molar-refractivity contribution in [3.8, 4) is 0 Å². The molecule has 0 aromatic rings. The third-order valence-corrected chi connectivity index (χ3v) is 2.72. The molecular weight excluding hydrogens is 218 g/mol. The molecule has 0 spiro atoms. The van der Waals surface area contributed by atoms with Gasteiger partial charge >= 0.3 is 5.97 Å². The fourth-order valence-corrected chi connectivity index (χ4v) is 1.46. The number of carbonyl (C=O) groups excluding carboxylic acids is 1. The molecule has 0 aliphatic carbocycles. The minimum absolute atomic E-state index is 0.0270. The van der Waals surface area contributed by atoms with Crippen LogP contribution in [0.4, 0.5) is 0 Å². The molecular formula is C13H25NO3. The van der Waals surface area contributed by atoms with E-state index in [1.165, 1.54) is 0 Å². The van der Waals surface area contributed by atoms with Gasteiger partial charge in [0.05, 0.1) is 5.92 Å². The van der Waals surface area contributed by atoms with Crippen molar-refractivity contribution in [3.05, 3.63) is 0 Å². The monoisotopic (exact) mass is 243 g/mol. The molecule has 0 rings (SSSR count). The number of nitrogens with one attached hydrogen (secondary N) is 1. The highest BCUT2D eigenvalue weighted by atomic mass is 16.4. The molecule has 2 N–H and O–H groups in total. The maximum absolute atomic E-state index is 11.6. The van der Waals surface area contributed by atoms with Crippen molar-refractivity contribution in [1.82, 2.24) is 5.32 Å². The first-order chi connectivity index (χ1) is 7.63. The second-order valence-electron chi connectivity index (χ2n) is 6.05. The van der Waals surface area contributed by atoms with Crippen molar-refractivity contribution in [2.45, 2.75) is 47.5 Å². The van der Waals surface area contributed by atoms with Gasteiger partial charge in [0, 0.05) is 13.0 Å². The number of amides is 1. The average Bonchev–Trinajstić information content (AvgIpc) is 2.10. The van der Waals surface area contributed by atoms with Crippen LogP contribution in [0.2, 0.25) is 0 Å². The minimum Gasteiger partial charge on any atom is -0.481 e. The van der Waals surface area contributed by atoms with Gasteiger partial charge in [0.25, 0.3) is 0 Å². The zero-order valence-corrected chi connectivity index (χ0v) is 11.5. The smallest absolute Gasteiger partial charge is 0.307 e. The van der Waals surface area contributed by atoms with Crippen LogP contribution in [0.3, 0.4) is 0 Å². The summed E-state index contributed by atoms with van der Waals surface area (Å²) in [5, 5.41) is 11.7. The van der Waals surface area contributed by atoms with E-state index in [1.54, 1.807) is 0 Å². The molecule has 1 unspecified atom stereocenters. The van der Waals surface area contributed by atoms with Gasteiger partial charge < -0.3 is 10.4 Å². The van der Waals surface area contributed by atoms with Gasteiger partial charge in [0.15, 0.2) is 0 Å². The van der Waals surface area contributed by atoms with Gasteiger partial charge in [-0.25, -0.2) is 0 Å². The van der Waals surface area contributed by atoms with E-state index in [0.29, 0.717) is 6.54 Å². The van der Waals surface area contributed by atoms with Gasteiger partial charge in [0.1, 0.15) is 0 Å². The van der Waals surface area contributed by atoms with Crippen molar-refractivity contribution >= 4 is 11.9 Å². The Morgan fingerprint density at radius 2 is 1.76 bits per heavy atom. The molecule has 1 amide bonds. The lowest BCUT2D eigenvalue weighted by Gasteiger charge is -2.19. The maximum Gasteiger partial charge on any atom is 0.307 e. The summed E-state index contributed by atoms with van der Waals surface area (Å²) in [4.78, 5) is 22.5. The lowest BCUT2D eigenvalue weighted by atomic mass is 9.91. The topological polar surface area (TPSA) is 66.4 Å². The van der Waals surface area contributed by atoms with Crippen LogP contribution in [-0.4, -0.2) is 23.5 Å². The van der Waals surface area contributed by atoms with Crippen LogP contribution in [0.5, 0.6) is 0 Å². The van der Waals surface area contributed by atoms with E-state index in [9.17, 15) is 9.59 Å². The predicted octanol–water partition coefficient (Wildman–Crippen LogP) is 2.29. The quantitative estimate of drug-likeness (QED) is 0.752. The van der Waals surface area contributed by atoms with Crippen LogP contribution in [0.25, 0.3) is 0 Å². The lowest BCUT2D eigenvalue weighted by Crippen LogP contribution is -2.32. The highest BCUT2D eigenvalue weighted by molar-refractivity contribution is 5.82. The molecule has 0 fully saturated rings. The molecule has 0 saturated heterocycles. The molecule has 0 radical (unpaired) electrons. The molecule has 0 saturated carbocycles. The largest absolute Gasteiger partial charge is 0.481 e. The molecule has 17 heavy (non-hydrogen) atoms.